The van der Waals surface area contributed by atoms with Gasteiger partial charge in [0.05, 0.1) is 17.3 Å². The minimum Gasteiger partial charge on any atom is -0.465 e. The number of hydrogen-bond donors (Lipinski definition) is 3. The molecular formula is C28H36ClN3O2. The van der Waals surface area contributed by atoms with Crippen molar-refractivity contribution in [3.8, 4) is 0 Å². The summed E-state index contributed by atoms with van der Waals surface area (Å²) in [6.07, 6.45) is 7.89. The average Bonchev–Trinajstić information content (AvgIpc) is 2.78. The zero-order chi connectivity index (χ0) is 24.3. The Bertz CT molecular complexity index is 1040. The standard InChI is InChI=1S/C28H36ClN3O2/c1-4-34-27(33)17-31-25-8-6-23(12-21(25)16-30)32-26-7-5-22(13-24(26)29)28(3)14-19-9-18(2)10-20(11-19)15-28/h5-8,12-13,16,18-20,30-32H,4,9-11,14-15,17H2,1-3H3. The Balaban J connectivity index is 1.46. The smallest absolute Gasteiger partial charge is 0.325 e. The van der Waals surface area contributed by atoms with Gasteiger partial charge in [0.15, 0.2) is 0 Å². The van der Waals surface area contributed by atoms with Gasteiger partial charge in [0.2, 0.25) is 0 Å². The fraction of sp³-hybridized carbons (Fsp3) is 0.500. The molecule has 5 nitrogen and oxygen atoms in total. The maximum atomic E-state index is 11.6. The Morgan fingerprint density at radius 3 is 2.50 bits per heavy atom. The number of anilines is 3. The van der Waals surface area contributed by atoms with Crippen LogP contribution in [0.2, 0.25) is 5.02 Å². The lowest BCUT2D eigenvalue weighted by Gasteiger charge is -2.47. The van der Waals surface area contributed by atoms with Gasteiger partial charge in [-0.25, -0.2) is 0 Å². The van der Waals surface area contributed by atoms with Crippen LogP contribution in [0.25, 0.3) is 0 Å². The molecule has 4 rings (SSSR count). The number of ether oxygens (including phenoxy) is 1. The highest BCUT2D eigenvalue weighted by atomic mass is 35.5. The monoisotopic (exact) mass is 481 g/mol. The molecule has 0 heterocycles. The van der Waals surface area contributed by atoms with Gasteiger partial charge in [0.1, 0.15) is 6.54 Å². The van der Waals surface area contributed by atoms with E-state index in [-0.39, 0.29) is 17.9 Å². The molecule has 6 heteroatoms. The predicted octanol–water partition coefficient (Wildman–Crippen LogP) is 7.16. The van der Waals surface area contributed by atoms with Crippen molar-refractivity contribution in [2.45, 2.75) is 58.3 Å². The van der Waals surface area contributed by atoms with Gasteiger partial charge in [-0.15, -0.1) is 0 Å². The number of halogens is 1. The Kier molecular flexibility index (Phi) is 7.51. The van der Waals surface area contributed by atoms with Gasteiger partial charge >= 0.3 is 5.97 Å². The third kappa shape index (κ3) is 5.57. The van der Waals surface area contributed by atoms with Gasteiger partial charge in [0.25, 0.3) is 0 Å². The molecule has 2 unspecified atom stereocenters. The summed E-state index contributed by atoms with van der Waals surface area (Å²) in [5, 5.41) is 14.9. The summed E-state index contributed by atoms with van der Waals surface area (Å²) in [4.78, 5) is 11.6. The number of hydrogen-bond acceptors (Lipinski definition) is 5. The number of esters is 1. The first-order valence-corrected chi connectivity index (χ1v) is 12.8. The SMILES string of the molecule is CCOC(=O)CNc1ccc(Nc2ccc(C3(C)CC4CC(C)CC(C4)C3)cc2Cl)cc1C=N. The average molecular weight is 482 g/mol. The van der Waals surface area contributed by atoms with Crippen molar-refractivity contribution in [1.82, 2.24) is 0 Å². The summed E-state index contributed by atoms with van der Waals surface area (Å²) in [6, 6.07) is 12.1. The number of fused-ring (bicyclic) bond motifs is 2. The molecule has 0 spiro atoms. The van der Waals surface area contributed by atoms with Crippen molar-refractivity contribution in [3.05, 3.63) is 52.5 Å². The van der Waals surface area contributed by atoms with Crippen LogP contribution in [-0.4, -0.2) is 25.3 Å². The second-order valence-electron chi connectivity index (χ2n) is 10.4. The zero-order valence-corrected chi connectivity index (χ0v) is 21.2. The second kappa shape index (κ2) is 10.4. The third-order valence-corrected chi connectivity index (χ3v) is 7.81. The normalized spacial score (nSPS) is 25.9. The first-order chi connectivity index (χ1) is 16.3. The van der Waals surface area contributed by atoms with E-state index in [2.05, 4.69) is 42.7 Å². The quantitative estimate of drug-likeness (QED) is 0.276. The molecule has 0 radical (unpaired) electrons. The van der Waals surface area contributed by atoms with Crippen LogP contribution in [-0.2, 0) is 14.9 Å². The minimum atomic E-state index is -0.322. The van der Waals surface area contributed by atoms with Gasteiger partial charge in [0, 0.05) is 23.2 Å². The number of carbonyl (C=O) groups excluding carboxylic acids is 1. The summed E-state index contributed by atoms with van der Waals surface area (Å²) < 4.78 is 4.95. The van der Waals surface area contributed by atoms with Crippen LogP contribution in [0.4, 0.5) is 17.1 Å². The highest BCUT2D eigenvalue weighted by molar-refractivity contribution is 6.33. The fourth-order valence-corrected chi connectivity index (χ4v) is 6.50. The molecule has 34 heavy (non-hydrogen) atoms. The Hall–Kier alpha value is -2.53. The lowest BCUT2D eigenvalue weighted by Crippen LogP contribution is -2.38. The van der Waals surface area contributed by atoms with Crippen LogP contribution in [0, 0.1) is 23.2 Å². The van der Waals surface area contributed by atoms with Gasteiger partial charge in [-0.2, -0.15) is 0 Å². The van der Waals surface area contributed by atoms with Gasteiger partial charge in [-0.1, -0.05) is 31.5 Å². The van der Waals surface area contributed by atoms with E-state index in [9.17, 15) is 4.79 Å². The molecule has 2 fully saturated rings. The molecule has 0 amide bonds. The zero-order valence-electron chi connectivity index (χ0n) is 20.4. The van der Waals surface area contributed by atoms with Crippen LogP contribution in [0.5, 0.6) is 0 Å². The molecule has 2 aliphatic rings. The molecule has 0 saturated heterocycles. The van der Waals surface area contributed by atoms with E-state index >= 15 is 0 Å². The summed E-state index contributed by atoms with van der Waals surface area (Å²) in [5.74, 6) is 2.21. The van der Waals surface area contributed by atoms with Crippen molar-refractivity contribution in [3.63, 3.8) is 0 Å². The van der Waals surface area contributed by atoms with Crippen LogP contribution in [0.3, 0.4) is 0 Å². The van der Waals surface area contributed by atoms with E-state index in [1.165, 1.54) is 43.9 Å². The summed E-state index contributed by atoms with van der Waals surface area (Å²) in [6.45, 7) is 7.01. The largest absolute Gasteiger partial charge is 0.465 e. The van der Waals surface area contributed by atoms with E-state index < -0.39 is 0 Å². The Labute approximate surface area is 208 Å². The first-order valence-electron chi connectivity index (χ1n) is 12.4. The van der Waals surface area contributed by atoms with E-state index in [0.29, 0.717) is 22.9 Å². The maximum Gasteiger partial charge on any atom is 0.325 e. The van der Waals surface area contributed by atoms with Crippen molar-refractivity contribution in [2.24, 2.45) is 17.8 Å². The van der Waals surface area contributed by atoms with E-state index in [0.717, 1.165) is 29.1 Å². The summed E-state index contributed by atoms with van der Waals surface area (Å²) >= 11 is 6.75. The van der Waals surface area contributed by atoms with Gasteiger partial charge < -0.3 is 20.8 Å². The third-order valence-electron chi connectivity index (χ3n) is 7.50. The number of nitrogens with one attached hydrogen (secondary N) is 3. The molecule has 0 aromatic heterocycles. The molecule has 2 bridgehead atoms. The topological polar surface area (TPSA) is 74.2 Å². The Morgan fingerprint density at radius 2 is 1.85 bits per heavy atom. The first kappa shape index (κ1) is 24.6. The van der Waals surface area contributed by atoms with Crippen LogP contribution in [0.1, 0.15) is 64.0 Å². The molecule has 0 aliphatic heterocycles. The van der Waals surface area contributed by atoms with Gasteiger partial charge in [-0.3, -0.25) is 4.79 Å². The van der Waals surface area contributed by atoms with Crippen molar-refractivity contribution in [2.75, 3.05) is 23.8 Å². The van der Waals surface area contributed by atoms with Crippen molar-refractivity contribution < 1.29 is 9.53 Å². The summed E-state index contributed by atoms with van der Waals surface area (Å²) in [5.41, 5.74) is 4.60. The maximum absolute atomic E-state index is 11.6. The number of benzene rings is 2. The lowest BCUT2D eigenvalue weighted by molar-refractivity contribution is -0.140. The van der Waals surface area contributed by atoms with E-state index in [1.54, 1.807) is 6.92 Å². The molecule has 182 valence electrons. The minimum absolute atomic E-state index is 0.0636. The van der Waals surface area contributed by atoms with Crippen molar-refractivity contribution >= 4 is 40.8 Å². The highest BCUT2D eigenvalue weighted by Crippen LogP contribution is 2.51. The van der Waals surface area contributed by atoms with Crippen molar-refractivity contribution in [1.29, 1.82) is 5.41 Å². The number of carbonyl (C=O) groups is 1. The second-order valence-corrected chi connectivity index (χ2v) is 10.8. The molecule has 2 saturated carbocycles. The van der Waals surface area contributed by atoms with Gasteiger partial charge in [-0.05, 0) is 98.1 Å². The molecule has 2 atom stereocenters. The van der Waals surface area contributed by atoms with Crippen LogP contribution >= 0.6 is 11.6 Å². The molecule has 2 aromatic carbocycles. The molecule has 2 aliphatic carbocycles. The predicted molar refractivity (Wildman–Crippen MR) is 141 cm³/mol. The fourth-order valence-electron chi connectivity index (χ4n) is 6.27. The van der Waals surface area contributed by atoms with E-state index in [4.69, 9.17) is 21.7 Å². The van der Waals surface area contributed by atoms with Crippen LogP contribution < -0.4 is 10.6 Å². The summed E-state index contributed by atoms with van der Waals surface area (Å²) in [7, 11) is 0. The molecule has 3 N–H and O–H groups in total. The highest BCUT2D eigenvalue weighted by Gasteiger charge is 2.41. The molecular weight excluding hydrogens is 446 g/mol. The molecule has 2 aromatic rings. The number of rotatable bonds is 8. The lowest BCUT2D eigenvalue weighted by atomic mass is 9.57. The Morgan fingerprint density at radius 1 is 1.15 bits per heavy atom. The van der Waals surface area contributed by atoms with E-state index in [1.807, 2.05) is 18.2 Å². The van der Waals surface area contributed by atoms with Crippen LogP contribution in [0.15, 0.2) is 36.4 Å².